The van der Waals surface area contributed by atoms with Crippen LogP contribution < -0.4 is 4.90 Å². The highest BCUT2D eigenvalue weighted by atomic mass is 32.1. The molecule has 0 atom stereocenters. The van der Waals surface area contributed by atoms with Gasteiger partial charge in [-0.05, 0) is 24.1 Å². The Hall–Kier alpha value is -3.67. The smallest absolute Gasteiger partial charge is 0.223 e. The zero-order valence-corrected chi connectivity index (χ0v) is 25.0. The molecule has 2 aliphatic rings. The molecule has 2 fully saturated rings. The molecule has 1 amide bonds. The van der Waals surface area contributed by atoms with Gasteiger partial charge in [0.05, 0.1) is 35.1 Å². The quantitative estimate of drug-likeness (QED) is 0.289. The molecule has 0 saturated carbocycles. The largest absolute Gasteiger partial charge is 0.378 e. The molecule has 4 aromatic rings. The molecular weight excluding hydrogens is 550 g/mol. The molecule has 3 aromatic heterocycles. The second-order valence-electron chi connectivity index (χ2n) is 11.3. The van der Waals surface area contributed by atoms with E-state index in [2.05, 4.69) is 32.1 Å². The van der Waals surface area contributed by atoms with Crippen LogP contribution in [0.15, 0.2) is 42.6 Å². The van der Waals surface area contributed by atoms with Gasteiger partial charge in [-0.1, -0.05) is 32.1 Å². The van der Waals surface area contributed by atoms with Gasteiger partial charge in [-0.25, -0.2) is 9.97 Å². The lowest BCUT2D eigenvalue weighted by atomic mass is 10.1. The van der Waals surface area contributed by atoms with Crippen molar-refractivity contribution in [2.45, 2.75) is 33.2 Å². The molecule has 0 unspecified atom stereocenters. The summed E-state index contributed by atoms with van der Waals surface area (Å²) in [7, 11) is 0. The molecule has 0 aliphatic carbocycles. The summed E-state index contributed by atoms with van der Waals surface area (Å²) in [6.45, 7) is 10.8. The van der Waals surface area contributed by atoms with Gasteiger partial charge < -0.3 is 14.5 Å². The second-order valence-corrected chi connectivity index (χ2v) is 12.4. The molecule has 2 saturated heterocycles. The van der Waals surface area contributed by atoms with E-state index in [9.17, 15) is 9.59 Å². The third-order valence-corrected chi connectivity index (χ3v) is 8.90. The van der Waals surface area contributed by atoms with Crippen molar-refractivity contribution in [2.75, 3.05) is 57.4 Å². The van der Waals surface area contributed by atoms with Gasteiger partial charge in [0.25, 0.3) is 0 Å². The fraction of sp³-hybridized carbons (Fsp3) is 0.452. The Labute approximate surface area is 249 Å². The van der Waals surface area contributed by atoms with E-state index in [1.807, 2.05) is 43.2 Å². The number of aromatic amines is 1. The number of nitrogens with zero attached hydrogens (tertiary/aromatic N) is 6. The van der Waals surface area contributed by atoms with Crippen LogP contribution in [0.5, 0.6) is 0 Å². The van der Waals surface area contributed by atoms with Crippen LogP contribution in [0, 0.1) is 5.92 Å². The minimum atomic E-state index is 0.0181. The maximum absolute atomic E-state index is 12.7. The number of piperazine rings is 1. The van der Waals surface area contributed by atoms with E-state index >= 15 is 0 Å². The van der Waals surface area contributed by atoms with Gasteiger partial charge >= 0.3 is 0 Å². The van der Waals surface area contributed by atoms with Crippen LogP contribution in [0.3, 0.4) is 0 Å². The number of rotatable bonds is 9. The summed E-state index contributed by atoms with van der Waals surface area (Å²) in [5, 5.41) is 8.28. The predicted octanol–water partition coefficient (Wildman–Crippen LogP) is 4.28. The van der Waals surface area contributed by atoms with Crippen LogP contribution in [-0.4, -0.2) is 94.1 Å². The van der Waals surface area contributed by atoms with Gasteiger partial charge in [0.15, 0.2) is 17.4 Å². The van der Waals surface area contributed by atoms with Crippen molar-refractivity contribution in [3.8, 4) is 11.4 Å². The number of aromatic nitrogens is 4. The number of carbonyl (C=O) groups is 2. The summed E-state index contributed by atoms with van der Waals surface area (Å²) in [5.74, 6) is 2.07. The number of ether oxygens (including phenoxy) is 1. The predicted molar refractivity (Wildman–Crippen MR) is 166 cm³/mol. The van der Waals surface area contributed by atoms with E-state index in [1.54, 1.807) is 17.4 Å². The minimum absolute atomic E-state index is 0.0181. The third-order valence-electron chi connectivity index (χ3n) is 7.80. The van der Waals surface area contributed by atoms with Crippen LogP contribution in [0.4, 0.5) is 5.82 Å². The number of nitrogens with one attached hydrogen (secondary N) is 1. The molecule has 2 aliphatic heterocycles. The van der Waals surface area contributed by atoms with Crippen molar-refractivity contribution < 1.29 is 14.3 Å². The first-order chi connectivity index (χ1) is 20.4. The summed E-state index contributed by atoms with van der Waals surface area (Å²) >= 11 is 1.75. The van der Waals surface area contributed by atoms with E-state index < -0.39 is 0 Å². The number of thiophene rings is 1. The highest BCUT2D eigenvalue weighted by Crippen LogP contribution is 2.36. The molecular formula is C31H37N7O3S. The topological polar surface area (TPSA) is 108 Å². The summed E-state index contributed by atoms with van der Waals surface area (Å²) in [5.41, 5.74) is 2.87. The Morgan fingerprint density at radius 1 is 1.07 bits per heavy atom. The van der Waals surface area contributed by atoms with E-state index in [0.29, 0.717) is 38.0 Å². The van der Waals surface area contributed by atoms with Gasteiger partial charge in [0, 0.05) is 74.5 Å². The number of carbonyl (C=O) groups excluding carboxylic acids is 2. The molecule has 0 bridgehead atoms. The van der Waals surface area contributed by atoms with Crippen molar-refractivity contribution in [1.82, 2.24) is 30.0 Å². The van der Waals surface area contributed by atoms with Gasteiger partial charge in [-0.2, -0.15) is 5.10 Å². The second kappa shape index (κ2) is 12.7. The number of ketones is 1. The number of benzene rings is 1. The van der Waals surface area contributed by atoms with Gasteiger partial charge in [-0.15, -0.1) is 11.3 Å². The number of amides is 1. The number of H-pyrrole nitrogens is 1. The first-order valence-corrected chi connectivity index (χ1v) is 15.5. The lowest BCUT2D eigenvalue weighted by molar-refractivity contribution is -0.134. The van der Waals surface area contributed by atoms with Crippen LogP contribution in [0.1, 0.15) is 31.6 Å². The normalized spacial score (nSPS) is 16.8. The lowest BCUT2D eigenvalue weighted by Gasteiger charge is -2.34. The molecule has 0 spiro atoms. The number of fused-ring (bicyclic) bond motifs is 2. The standard InChI is InChI=1S/C31H37N7O3S/c1-21(2)6-7-22(39)8-9-28(40)37-12-10-36(11-13-37)20-23-18-27-29(42-23)31(38-14-16-41-17-15-38)34-30(33-27)24-4-3-5-26-25(24)19-32-35-26/h3-7,18-19,21H,8-17,20H2,1-2H3,(H,32,35)/b7-6+. The molecule has 0 radical (unpaired) electrons. The van der Waals surface area contributed by atoms with Crippen LogP contribution >= 0.6 is 11.3 Å². The minimum Gasteiger partial charge on any atom is -0.378 e. The van der Waals surface area contributed by atoms with Crippen molar-refractivity contribution in [2.24, 2.45) is 5.92 Å². The molecule has 220 valence electrons. The van der Waals surface area contributed by atoms with Crippen LogP contribution in [0.25, 0.3) is 32.5 Å². The van der Waals surface area contributed by atoms with Crippen LogP contribution in [-0.2, 0) is 20.9 Å². The zero-order chi connectivity index (χ0) is 29.1. The van der Waals surface area contributed by atoms with Crippen molar-refractivity contribution in [1.29, 1.82) is 0 Å². The van der Waals surface area contributed by atoms with E-state index in [4.69, 9.17) is 14.7 Å². The Morgan fingerprint density at radius 3 is 2.67 bits per heavy atom. The average molecular weight is 588 g/mol. The fourth-order valence-corrected chi connectivity index (χ4v) is 6.62. The Morgan fingerprint density at radius 2 is 1.88 bits per heavy atom. The van der Waals surface area contributed by atoms with E-state index in [1.165, 1.54) is 4.88 Å². The van der Waals surface area contributed by atoms with E-state index in [-0.39, 0.29) is 24.5 Å². The molecule has 1 N–H and O–H groups in total. The lowest BCUT2D eigenvalue weighted by Crippen LogP contribution is -2.48. The van der Waals surface area contributed by atoms with Gasteiger partial charge in [-0.3, -0.25) is 19.6 Å². The molecule has 6 rings (SSSR count). The Balaban J connectivity index is 1.16. The maximum atomic E-state index is 12.7. The molecule has 11 heteroatoms. The maximum Gasteiger partial charge on any atom is 0.223 e. The number of hydrogen-bond acceptors (Lipinski definition) is 9. The summed E-state index contributed by atoms with van der Waals surface area (Å²) in [6, 6.07) is 8.25. The number of hydrogen-bond donors (Lipinski definition) is 1. The highest BCUT2D eigenvalue weighted by Gasteiger charge is 2.24. The van der Waals surface area contributed by atoms with Gasteiger partial charge in [0.2, 0.25) is 5.91 Å². The first kappa shape index (κ1) is 28.4. The van der Waals surface area contributed by atoms with Crippen LogP contribution in [0.2, 0.25) is 0 Å². The highest BCUT2D eigenvalue weighted by molar-refractivity contribution is 7.19. The van der Waals surface area contributed by atoms with Gasteiger partial charge in [0.1, 0.15) is 0 Å². The van der Waals surface area contributed by atoms with Crippen molar-refractivity contribution in [3.63, 3.8) is 0 Å². The Kier molecular flexibility index (Phi) is 8.59. The SMILES string of the molecule is CC(C)/C=C/C(=O)CCC(=O)N1CCN(Cc2cc3nc(-c4cccc5[nH]ncc45)nc(N4CCOCC4)c3s2)CC1. The summed E-state index contributed by atoms with van der Waals surface area (Å²) in [4.78, 5) is 42.7. The fourth-order valence-electron chi connectivity index (χ4n) is 5.46. The number of allylic oxidation sites excluding steroid dienone is 2. The molecule has 1 aromatic carbocycles. The summed E-state index contributed by atoms with van der Waals surface area (Å²) in [6.07, 6.45) is 5.87. The Bertz CT molecular complexity index is 1600. The van der Waals surface area contributed by atoms with Crippen molar-refractivity contribution >= 4 is 50.0 Å². The zero-order valence-electron chi connectivity index (χ0n) is 24.2. The summed E-state index contributed by atoms with van der Waals surface area (Å²) < 4.78 is 6.72. The third kappa shape index (κ3) is 6.38. The average Bonchev–Trinajstić information content (AvgIpc) is 3.66. The van der Waals surface area contributed by atoms with Crippen molar-refractivity contribution in [3.05, 3.63) is 47.5 Å². The number of anilines is 1. The van der Waals surface area contributed by atoms with E-state index in [0.717, 1.165) is 65.2 Å². The molecule has 42 heavy (non-hydrogen) atoms. The number of morpholine rings is 1. The first-order valence-electron chi connectivity index (χ1n) is 14.7. The molecule has 5 heterocycles. The monoisotopic (exact) mass is 587 g/mol. The molecule has 10 nitrogen and oxygen atoms in total.